The van der Waals surface area contributed by atoms with Gasteiger partial charge in [0, 0.05) is 12.4 Å². The van der Waals surface area contributed by atoms with Crippen LogP contribution in [0.15, 0.2) is 12.4 Å². The highest BCUT2D eigenvalue weighted by Crippen LogP contribution is 2.29. The van der Waals surface area contributed by atoms with E-state index in [9.17, 15) is 5.11 Å². The van der Waals surface area contributed by atoms with Crippen LogP contribution in [0.4, 0.5) is 0 Å². The Bertz CT molecular complexity index is 302. The third-order valence-electron chi connectivity index (χ3n) is 3.30. The van der Waals surface area contributed by atoms with Crippen molar-refractivity contribution in [2.75, 3.05) is 0 Å². The first-order valence-corrected chi connectivity index (χ1v) is 5.54. The molecule has 0 bridgehead atoms. The van der Waals surface area contributed by atoms with Crippen LogP contribution < -0.4 is 0 Å². The second-order valence-electron chi connectivity index (χ2n) is 4.27. The summed E-state index contributed by atoms with van der Waals surface area (Å²) < 4.78 is 0. The Morgan fingerprint density at radius 2 is 1.73 bits per heavy atom. The van der Waals surface area contributed by atoms with E-state index in [1.54, 1.807) is 6.92 Å². The Labute approximate surface area is 91.6 Å². The van der Waals surface area contributed by atoms with Gasteiger partial charge in [0.1, 0.15) is 6.10 Å². The molecule has 0 saturated carbocycles. The van der Waals surface area contributed by atoms with Crippen LogP contribution >= 0.6 is 0 Å². The predicted octanol–water partition coefficient (Wildman–Crippen LogP) is 2.61. The van der Waals surface area contributed by atoms with Crippen LogP contribution in [0.5, 0.6) is 0 Å². The Balaban J connectivity index is 2.97. The highest BCUT2D eigenvalue weighted by molar-refractivity contribution is 5.18. The molecule has 15 heavy (non-hydrogen) atoms. The second kappa shape index (κ2) is 4.71. The molecule has 3 heteroatoms. The molecule has 0 fully saturated rings. The van der Waals surface area contributed by atoms with Gasteiger partial charge in [-0.15, -0.1) is 0 Å². The molecule has 1 rings (SSSR count). The Hall–Kier alpha value is -0.960. The Morgan fingerprint density at radius 1 is 1.27 bits per heavy atom. The quantitative estimate of drug-likeness (QED) is 0.827. The van der Waals surface area contributed by atoms with Crippen molar-refractivity contribution >= 4 is 0 Å². The lowest BCUT2D eigenvalue weighted by atomic mass is 9.79. The number of nitrogens with zero attached hydrogens (tertiary/aromatic N) is 2. The van der Waals surface area contributed by atoms with Crippen molar-refractivity contribution in [2.45, 2.75) is 52.1 Å². The van der Waals surface area contributed by atoms with E-state index in [1.807, 2.05) is 12.4 Å². The van der Waals surface area contributed by atoms with E-state index in [1.165, 1.54) is 0 Å². The SMILES string of the molecule is CCC(C)(CC)c1cnc(C(C)O)nc1. The zero-order chi connectivity index (χ0) is 11.5. The number of rotatable bonds is 4. The highest BCUT2D eigenvalue weighted by Gasteiger charge is 2.23. The van der Waals surface area contributed by atoms with Crippen LogP contribution in [-0.4, -0.2) is 15.1 Å². The number of hydrogen-bond acceptors (Lipinski definition) is 3. The van der Waals surface area contributed by atoms with Crippen LogP contribution in [0.3, 0.4) is 0 Å². The third kappa shape index (κ3) is 2.53. The molecular weight excluding hydrogens is 188 g/mol. The summed E-state index contributed by atoms with van der Waals surface area (Å²) in [4.78, 5) is 8.36. The standard InChI is InChI=1S/C12H20N2O/c1-5-12(4,6-2)10-7-13-11(9(3)15)14-8-10/h7-9,15H,5-6H2,1-4H3. The van der Waals surface area contributed by atoms with Crippen molar-refractivity contribution in [3.8, 4) is 0 Å². The van der Waals surface area contributed by atoms with E-state index in [0.717, 1.165) is 18.4 Å². The van der Waals surface area contributed by atoms with Crippen molar-refractivity contribution in [1.82, 2.24) is 9.97 Å². The van der Waals surface area contributed by atoms with E-state index in [2.05, 4.69) is 30.7 Å². The zero-order valence-electron chi connectivity index (χ0n) is 9.99. The van der Waals surface area contributed by atoms with Crippen molar-refractivity contribution < 1.29 is 5.11 Å². The molecule has 1 N–H and O–H groups in total. The van der Waals surface area contributed by atoms with Gasteiger partial charge >= 0.3 is 0 Å². The molecule has 1 heterocycles. The normalized spacial score (nSPS) is 13.9. The van der Waals surface area contributed by atoms with Crippen LogP contribution in [-0.2, 0) is 5.41 Å². The van der Waals surface area contributed by atoms with Crippen molar-refractivity contribution in [2.24, 2.45) is 0 Å². The van der Waals surface area contributed by atoms with Crippen molar-refractivity contribution in [3.63, 3.8) is 0 Å². The van der Waals surface area contributed by atoms with Crippen molar-refractivity contribution in [3.05, 3.63) is 23.8 Å². The lowest BCUT2D eigenvalue weighted by molar-refractivity contribution is 0.188. The zero-order valence-corrected chi connectivity index (χ0v) is 9.99. The number of aromatic nitrogens is 2. The van der Waals surface area contributed by atoms with Crippen LogP contribution in [0.1, 0.15) is 58.0 Å². The fourth-order valence-electron chi connectivity index (χ4n) is 1.52. The lowest BCUT2D eigenvalue weighted by Gasteiger charge is -2.26. The first-order valence-electron chi connectivity index (χ1n) is 5.54. The van der Waals surface area contributed by atoms with E-state index >= 15 is 0 Å². The summed E-state index contributed by atoms with van der Waals surface area (Å²) in [5.41, 5.74) is 1.30. The maximum atomic E-state index is 9.31. The minimum atomic E-state index is -0.589. The fraction of sp³-hybridized carbons (Fsp3) is 0.667. The summed E-state index contributed by atoms with van der Waals surface area (Å²) in [6, 6.07) is 0. The molecule has 1 atom stereocenters. The molecule has 0 radical (unpaired) electrons. The van der Waals surface area contributed by atoms with Gasteiger partial charge in [0.25, 0.3) is 0 Å². The topological polar surface area (TPSA) is 46.0 Å². The Kier molecular flexibility index (Phi) is 3.80. The predicted molar refractivity (Wildman–Crippen MR) is 60.6 cm³/mol. The first-order chi connectivity index (χ1) is 7.03. The van der Waals surface area contributed by atoms with E-state index in [4.69, 9.17) is 0 Å². The van der Waals surface area contributed by atoms with Gasteiger partial charge in [-0.25, -0.2) is 9.97 Å². The van der Waals surface area contributed by atoms with Gasteiger partial charge in [0.05, 0.1) is 0 Å². The van der Waals surface area contributed by atoms with E-state index in [0.29, 0.717) is 5.82 Å². The van der Waals surface area contributed by atoms with Gasteiger partial charge in [-0.1, -0.05) is 20.8 Å². The maximum absolute atomic E-state index is 9.31. The summed E-state index contributed by atoms with van der Waals surface area (Å²) in [5, 5.41) is 9.31. The fourth-order valence-corrected chi connectivity index (χ4v) is 1.52. The van der Waals surface area contributed by atoms with Gasteiger partial charge in [-0.05, 0) is 30.7 Å². The average molecular weight is 208 g/mol. The van der Waals surface area contributed by atoms with Crippen molar-refractivity contribution in [1.29, 1.82) is 0 Å². The minimum absolute atomic E-state index is 0.150. The third-order valence-corrected chi connectivity index (χ3v) is 3.30. The van der Waals surface area contributed by atoms with Crippen LogP contribution in [0.2, 0.25) is 0 Å². The maximum Gasteiger partial charge on any atom is 0.156 e. The van der Waals surface area contributed by atoms with Gasteiger partial charge in [-0.2, -0.15) is 0 Å². The molecule has 0 aromatic carbocycles. The van der Waals surface area contributed by atoms with Crippen LogP contribution in [0, 0.1) is 0 Å². The molecule has 0 aliphatic carbocycles. The summed E-state index contributed by atoms with van der Waals surface area (Å²) in [5.74, 6) is 0.494. The molecule has 0 aliphatic rings. The molecule has 0 saturated heterocycles. The first kappa shape index (κ1) is 12.1. The number of aliphatic hydroxyl groups is 1. The van der Waals surface area contributed by atoms with E-state index in [-0.39, 0.29) is 5.41 Å². The molecule has 1 unspecified atom stereocenters. The van der Waals surface area contributed by atoms with Gasteiger partial charge < -0.3 is 5.11 Å². The molecule has 1 aromatic rings. The molecule has 84 valence electrons. The Morgan fingerprint density at radius 3 is 2.07 bits per heavy atom. The summed E-state index contributed by atoms with van der Waals surface area (Å²) in [7, 11) is 0. The molecule has 0 aliphatic heterocycles. The molecule has 0 amide bonds. The molecule has 0 spiro atoms. The second-order valence-corrected chi connectivity index (χ2v) is 4.27. The average Bonchev–Trinajstić information content (AvgIpc) is 2.28. The van der Waals surface area contributed by atoms with Crippen LogP contribution in [0.25, 0.3) is 0 Å². The highest BCUT2D eigenvalue weighted by atomic mass is 16.3. The van der Waals surface area contributed by atoms with E-state index < -0.39 is 6.10 Å². The summed E-state index contributed by atoms with van der Waals surface area (Å²) in [6.45, 7) is 8.24. The largest absolute Gasteiger partial charge is 0.385 e. The lowest BCUT2D eigenvalue weighted by Crippen LogP contribution is -2.20. The molecule has 1 aromatic heterocycles. The van der Waals surface area contributed by atoms with Gasteiger partial charge in [0.2, 0.25) is 0 Å². The van der Waals surface area contributed by atoms with Gasteiger partial charge in [0.15, 0.2) is 5.82 Å². The summed E-state index contributed by atoms with van der Waals surface area (Å²) >= 11 is 0. The molecular formula is C12H20N2O. The smallest absolute Gasteiger partial charge is 0.156 e. The summed E-state index contributed by atoms with van der Waals surface area (Å²) in [6.07, 6.45) is 5.22. The monoisotopic (exact) mass is 208 g/mol. The number of aliphatic hydroxyl groups excluding tert-OH is 1. The van der Waals surface area contributed by atoms with Gasteiger partial charge in [-0.3, -0.25) is 0 Å². The number of hydrogen-bond donors (Lipinski definition) is 1. The molecule has 3 nitrogen and oxygen atoms in total. The minimum Gasteiger partial charge on any atom is -0.385 e.